The van der Waals surface area contributed by atoms with Crippen LogP contribution in [0.4, 0.5) is 34.1 Å². The van der Waals surface area contributed by atoms with E-state index in [0.717, 1.165) is 44.6 Å². The van der Waals surface area contributed by atoms with Crippen LogP contribution in [0.15, 0.2) is 192 Å². The highest BCUT2D eigenvalue weighted by Gasteiger charge is 2.30. The molecule has 1 aliphatic heterocycles. The monoisotopic (exact) mass is 642 g/mol. The van der Waals surface area contributed by atoms with Crippen molar-refractivity contribution in [1.29, 1.82) is 0 Å². The summed E-state index contributed by atoms with van der Waals surface area (Å²) < 4.78 is 0. The molecule has 0 fully saturated rings. The Balaban J connectivity index is 1.42. The molecule has 236 valence electrons. The van der Waals surface area contributed by atoms with Crippen LogP contribution in [0.5, 0.6) is 0 Å². The Labute approximate surface area is 290 Å². The van der Waals surface area contributed by atoms with Crippen LogP contribution in [0.1, 0.15) is 11.4 Å². The average Bonchev–Trinajstić information content (AvgIpc) is 3.18. The standard InChI is InChI=1S/C44H30N6/c1-5-19-33(20-6-1)49(34-21-7-2-8-22-34)43-41-39(29-31-17-13-15-27-37(31)45-41)48-44(42-40(47-43)30-32-18-14-16-28-38(32)46-42)50(35-23-9-3-10-24-35)36-25-11-4-12-26-36/h1-30H/b43-41?,44-42?,47-40?,47-43+,48-39?,48-44+. The smallest absolute Gasteiger partial charge is 0.166 e. The van der Waals surface area contributed by atoms with Gasteiger partial charge in [-0.1, -0.05) is 109 Å². The van der Waals surface area contributed by atoms with Gasteiger partial charge in [0.2, 0.25) is 0 Å². The molecule has 0 saturated heterocycles. The molecule has 0 unspecified atom stereocenters. The number of aliphatic imine (C=N–C) groups is 2. The van der Waals surface area contributed by atoms with E-state index in [2.05, 4.69) is 82.6 Å². The lowest BCUT2D eigenvalue weighted by Crippen LogP contribution is -2.31. The summed E-state index contributed by atoms with van der Waals surface area (Å²) in [6, 6.07) is 61.7. The molecule has 1 aliphatic rings. The van der Waals surface area contributed by atoms with Crippen LogP contribution < -0.4 is 9.80 Å². The minimum absolute atomic E-state index is 0.648. The molecule has 2 aromatic heterocycles. The summed E-state index contributed by atoms with van der Waals surface area (Å²) in [7, 11) is 0. The number of hydrogen-bond donors (Lipinski definition) is 0. The quantitative estimate of drug-likeness (QED) is 0.192. The van der Waals surface area contributed by atoms with Crippen LogP contribution in [0.3, 0.4) is 0 Å². The minimum atomic E-state index is 0.648. The SMILES string of the molecule is c1ccc(N(/C2=N/c3cc4ccccc4nc3/C(N(c3ccccc3)c3ccccc3)=N\c3cc4ccccc4nc32)c2ccccc2)cc1. The van der Waals surface area contributed by atoms with Crippen molar-refractivity contribution in [3.8, 4) is 0 Å². The van der Waals surface area contributed by atoms with Crippen molar-refractivity contribution in [3.63, 3.8) is 0 Å². The number of nitrogens with zero attached hydrogens (tertiary/aromatic N) is 6. The summed E-state index contributed by atoms with van der Waals surface area (Å²) in [5.74, 6) is 1.30. The van der Waals surface area contributed by atoms with Crippen LogP contribution in [0, 0.1) is 0 Å². The van der Waals surface area contributed by atoms with Crippen LogP contribution in [-0.2, 0) is 0 Å². The van der Waals surface area contributed by atoms with Crippen LogP contribution in [-0.4, -0.2) is 21.6 Å². The van der Waals surface area contributed by atoms with Gasteiger partial charge in [-0.3, -0.25) is 9.80 Å². The minimum Gasteiger partial charge on any atom is -0.293 e. The molecule has 9 rings (SSSR count). The van der Waals surface area contributed by atoms with Crippen LogP contribution in [0.25, 0.3) is 21.8 Å². The van der Waals surface area contributed by atoms with Gasteiger partial charge in [-0.25, -0.2) is 20.0 Å². The topological polar surface area (TPSA) is 57.0 Å². The highest BCUT2D eigenvalue weighted by molar-refractivity contribution is 6.23. The summed E-state index contributed by atoms with van der Waals surface area (Å²) in [5, 5.41) is 1.97. The molecular weight excluding hydrogens is 613 g/mol. The number of anilines is 4. The molecule has 0 N–H and O–H groups in total. The molecule has 0 saturated carbocycles. The summed E-state index contributed by atoms with van der Waals surface area (Å²) in [4.78, 5) is 26.1. The summed E-state index contributed by atoms with van der Waals surface area (Å²) >= 11 is 0. The Morgan fingerprint density at radius 1 is 0.320 bits per heavy atom. The zero-order valence-corrected chi connectivity index (χ0v) is 27.0. The van der Waals surface area contributed by atoms with Crippen molar-refractivity contribution in [2.75, 3.05) is 9.80 Å². The number of aromatic nitrogens is 2. The van der Waals surface area contributed by atoms with Gasteiger partial charge in [0.15, 0.2) is 11.7 Å². The second-order valence-electron chi connectivity index (χ2n) is 12.0. The van der Waals surface area contributed by atoms with E-state index in [4.69, 9.17) is 20.0 Å². The van der Waals surface area contributed by atoms with E-state index >= 15 is 0 Å². The van der Waals surface area contributed by atoms with Gasteiger partial charge in [0.1, 0.15) is 11.4 Å². The van der Waals surface area contributed by atoms with Crippen molar-refractivity contribution in [2.45, 2.75) is 0 Å². The Kier molecular flexibility index (Phi) is 7.37. The molecule has 0 atom stereocenters. The van der Waals surface area contributed by atoms with Gasteiger partial charge in [0.05, 0.1) is 22.4 Å². The molecular formula is C44H30N6. The second-order valence-corrected chi connectivity index (χ2v) is 12.0. The van der Waals surface area contributed by atoms with E-state index in [-0.39, 0.29) is 0 Å². The molecule has 6 aromatic carbocycles. The molecule has 3 heterocycles. The van der Waals surface area contributed by atoms with E-state index in [1.165, 1.54) is 0 Å². The number of amidine groups is 2. The van der Waals surface area contributed by atoms with Crippen molar-refractivity contribution < 1.29 is 0 Å². The first-order valence-electron chi connectivity index (χ1n) is 16.6. The van der Waals surface area contributed by atoms with Gasteiger partial charge >= 0.3 is 0 Å². The van der Waals surface area contributed by atoms with E-state index in [0.29, 0.717) is 34.4 Å². The molecule has 6 nitrogen and oxygen atoms in total. The fourth-order valence-corrected chi connectivity index (χ4v) is 6.45. The van der Waals surface area contributed by atoms with Gasteiger partial charge in [0.25, 0.3) is 0 Å². The van der Waals surface area contributed by atoms with Gasteiger partial charge in [-0.15, -0.1) is 0 Å². The first kappa shape index (κ1) is 29.2. The fourth-order valence-electron chi connectivity index (χ4n) is 6.45. The van der Waals surface area contributed by atoms with E-state index in [1.54, 1.807) is 0 Å². The maximum absolute atomic E-state index is 5.58. The van der Waals surface area contributed by atoms with Crippen molar-refractivity contribution in [2.24, 2.45) is 9.98 Å². The third-order valence-electron chi connectivity index (χ3n) is 8.77. The Morgan fingerprint density at radius 3 is 0.960 bits per heavy atom. The number of fused-ring (bicyclic) bond motifs is 4. The highest BCUT2D eigenvalue weighted by atomic mass is 15.2. The first-order valence-corrected chi connectivity index (χ1v) is 16.6. The summed E-state index contributed by atoms with van der Waals surface area (Å²) in [6.45, 7) is 0. The number of hydrogen-bond acceptors (Lipinski definition) is 6. The van der Waals surface area contributed by atoms with Gasteiger partial charge < -0.3 is 0 Å². The molecule has 0 amide bonds. The third-order valence-corrected chi connectivity index (χ3v) is 8.77. The highest BCUT2D eigenvalue weighted by Crippen LogP contribution is 2.39. The molecule has 8 aromatic rings. The zero-order chi connectivity index (χ0) is 33.3. The molecule has 50 heavy (non-hydrogen) atoms. The number of pyridine rings is 2. The zero-order valence-electron chi connectivity index (χ0n) is 27.0. The Bertz CT molecular complexity index is 2270. The molecule has 0 spiro atoms. The first-order chi connectivity index (χ1) is 24.8. The maximum atomic E-state index is 5.58. The molecule has 0 bridgehead atoms. The summed E-state index contributed by atoms with van der Waals surface area (Å²) in [5.41, 5.74) is 8.22. The normalized spacial score (nSPS) is 14.3. The van der Waals surface area contributed by atoms with Gasteiger partial charge in [-0.2, -0.15) is 0 Å². The second kappa shape index (κ2) is 12.6. The lowest BCUT2D eigenvalue weighted by atomic mass is 10.1. The third kappa shape index (κ3) is 5.35. The Morgan fingerprint density at radius 2 is 0.620 bits per heavy atom. The Hall–Kier alpha value is -6.92. The molecule has 6 heteroatoms. The molecule has 0 aliphatic carbocycles. The maximum Gasteiger partial charge on any atom is 0.166 e. The lowest BCUT2D eigenvalue weighted by molar-refractivity contribution is 1.20. The fraction of sp³-hybridized carbons (Fsp3) is 0. The van der Waals surface area contributed by atoms with Gasteiger partial charge in [-0.05, 0) is 72.8 Å². The van der Waals surface area contributed by atoms with E-state index < -0.39 is 0 Å². The van der Waals surface area contributed by atoms with Crippen molar-refractivity contribution in [3.05, 3.63) is 193 Å². The van der Waals surface area contributed by atoms with Gasteiger partial charge in [0, 0.05) is 33.5 Å². The largest absolute Gasteiger partial charge is 0.293 e. The number of benzene rings is 6. The number of rotatable bonds is 4. The lowest BCUT2D eigenvalue weighted by Gasteiger charge is -2.30. The predicted octanol–water partition coefficient (Wildman–Crippen LogP) is 10.9. The van der Waals surface area contributed by atoms with Crippen LogP contribution >= 0.6 is 0 Å². The summed E-state index contributed by atoms with van der Waals surface area (Å²) in [6.07, 6.45) is 0. The van der Waals surface area contributed by atoms with Crippen LogP contribution in [0.2, 0.25) is 0 Å². The number of para-hydroxylation sites is 6. The van der Waals surface area contributed by atoms with E-state index in [1.807, 2.05) is 109 Å². The van der Waals surface area contributed by atoms with E-state index in [9.17, 15) is 0 Å². The van der Waals surface area contributed by atoms with Crippen molar-refractivity contribution >= 4 is 67.6 Å². The predicted molar refractivity (Wildman–Crippen MR) is 206 cm³/mol. The average molecular weight is 643 g/mol. The van der Waals surface area contributed by atoms with Crippen molar-refractivity contribution in [1.82, 2.24) is 9.97 Å². The molecule has 0 radical (unpaired) electrons.